The molecule has 2 aromatic carbocycles. The Bertz CT molecular complexity index is 637. The van der Waals surface area contributed by atoms with E-state index in [9.17, 15) is 0 Å². The number of nitrogens with one attached hydrogen (secondary N) is 1. The summed E-state index contributed by atoms with van der Waals surface area (Å²) < 4.78 is 11.5. The van der Waals surface area contributed by atoms with Crippen molar-refractivity contribution in [3.63, 3.8) is 0 Å². The molecule has 3 nitrogen and oxygen atoms in total. The smallest absolute Gasteiger partial charge is 0.119 e. The van der Waals surface area contributed by atoms with E-state index in [-0.39, 0.29) is 5.60 Å². The molecule has 0 fully saturated rings. The van der Waals surface area contributed by atoms with Gasteiger partial charge in [0.05, 0.1) is 18.8 Å². The van der Waals surface area contributed by atoms with E-state index in [1.54, 1.807) is 0 Å². The maximum absolute atomic E-state index is 5.77. The summed E-state index contributed by atoms with van der Waals surface area (Å²) in [7, 11) is 0. The van der Waals surface area contributed by atoms with Gasteiger partial charge < -0.3 is 14.8 Å². The molecule has 0 aromatic heterocycles. The van der Waals surface area contributed by atoms with E-state index in [4.69, 9.17) is 21.1 Å². The third-order valence-electron chi connectivity index (χ3n) is 3.62. The van der Waals surface area contributed by atoms with Crippen molar-refractivity contribution in [1.82, 2.24) is 5.32 Å². The maximum Gasteiger partial charge on any atom is 0.119 e. The zero-order chi connectivity index (χ0) is 17.4. The van der Waals surface area contributed by atoms with Crippen LogP contribution in [0.3, 0.4) is 0 Å². The van der Waals surface area contributed by atoms with Crippen molar-refractivity contribution in [2.45, 2.75) is 39.3 Å². The number of alkyl halides is 1. The highest BCUT2D eigenvalue weighted by Gasteiger charge is 2.09. The fraction of sp³-hybridized carbons (Fsp3) is 0.500. The van der Waals surface area contributed by atoms with Crippen LogP contribution in [-0.4, -0.2) is 31.2 Å². The number of benzene rings is 2. The molecule has 0 amide bonds. The molecule has 0 atom stereocenters. The number of hydrogen-bond donors (Lipinski definition) is 1. The van der Waals surface area contributed by atoms with Gasteiger partial charge in [-0.2, -0.15) is 0 Å². The van der Waals surface area contributed by atoms with E-state index < -0.39 is 0 Å². The molecule has 2 rings (SSSR count). The molecule has 1 N–H and O–H groups in total. The van der Waals surface area contributed by atoms with Crippen LogP contribution in [0.5, 0.6) is 5.75 Å². The molecule has 24 heavy (non-hydrogen) atoms. The molecule has 0 aliphatic rings. The van der Waals surface area contributed by atoms with E-state index in [2.05, 4.69) is 56.4 Å². The number of halogens is 1. The highest BCUT2D eigenvalue weighted by atomic mass is 35.5. The van der Waals surface area contributed by atoms with Gasteiger partial charge in [0.2, 0.25) is 0 Å². The van der Waals surface area contributed by atoms with E-state index in [1.165, 1.54) is 16.3 Å². The molecule has 0 spiro atoms. The molecule has 132 valence electrons. The first-order chi connectivity index (χ1) is 11.5. The SMILES string of the molecule is CC(C)(C)OCCNCc1cccc2ccc(OCCCCl)cc12. The lowest BCUT2D eigenvalue weighted by Gasteiger charge is -2.19. The van der Waals surface area contributed by atoms with Crippen molar-refractivity contribution < 1.29 is 9.47 Å². The largest absolute Gasteiger partial charge is 0.494 e. The standard InChI is InChI=1S/C20H28ClNO2/c1-20(2,3)24-13-11-22-15-17-7-4-6-16-8-9-18(14-19(16)17)23-12-5-10-21/h4,6-9,14,22H,5,10-13,15H2,1-3H3. The summed E-state index contributed by atoms with van der Waals surface area (Å²) in [5.41, 5.74) is 1.18. The lowest BCUT2D eigenvalue weighted by molar-refractivity contribution is -0.000879. The van der Waals surface area contributed by atoms with E-state index in [0.29, 0.717) is 19.1 Å². The summed E-state index contributed by atoms with van der Waals surface area (Å²) in [4.78, 5) is 0. The normalized spacial score (nSPS) is 11.8. The summed E-state index contributed by atoms with van der Waals surface area (Å²) in [6, 6.07) is 12.6. The molecule has 2 aromatic rings. The van der Waals surface area contributed by atoms with Gasteiger partial charge in [0.15, 0.2) is 0 Å². The van der Waals surface area contributed by atoms with Gasteiger partial charge in [0.1, 0.15) is 5.75 Å². The maximum atomic E-state index is 5.77. The second kappa shape index (κ2) is 9.26. The number of fused-ring (bicyclic) bond motifs is 1. The van der Waals surface area contributed by atoms with Crippen molar-refractivity contribution >= 4 is 22.4 Å². The van der Waals surface area contributed by atoms with Gasteiger partial charge in [0.25, 0.3) is 0 Å². The third-order valence-corrected chi connectivity index (χ3v) is 3.89. The zero-order valence-electron chi connectivity index (χ0n) is 14.9. The quantitative estimate of drug-likeness (QED) is 0.523. The van der Waals surface area contributed by atoms with Crippen molar-refractivity contribution in [3.8, 4) is 5.75 Å². The van der Waals surface area contributed by atoms with Crippen molar-refractivity contribution in [3.05, 3.63) is 42.0 Å². The first-order valence-electron chi connectivity index (χ1n) is 8.55. The molecule has 0 saturated carbocycles. The molecule has 0 radical (unpaired) electrons. The van der Waals surface area contributed by atoms with Gasteiger partial charge in [-0.1, -0.05) is 24.3 Å². The van der Waals surface area contributed by atoms with Crippen molar-refractivity contribution in [2.24, 2.45) is 0 Å². The number of rotatable bonds is 9. The van der Waals surface area contributed by atoms with Gasteiger partial charge in [0, 0.05) is 19.0 Å². The molecule has 0 saturated heterocycles. The van der Waals surface area contributed by atoms with Crippen LogP contribution in [0.4, 0.5) is 0 Å². The first kappa shape index (κ1) is 19.0. The van der Waals surface area contributed by atoms with Crippen LogP contribution in [0.25, 0.3) is 10.8 Å². The molecule has 4 heteroatoms. The Labute approximate surface area is 150 Å². The summed E-state index contributed by atoms with van der Waals surface area (Å²) in [6.45, 7) is 9.23. The Morgan fingerprint density at radius 2 is 1.92 bits per heavy atom. The predicted octanol–water partition coefficient (Wildman–Crippen LogP) is 4.75. The van der Waals surface area contributed by atoms with E-state index in [1.807, 2.05) is 6.07 Å². The minimum Gasteiger partial charge on any atom is -0.494 e. The average Bonchev–Trinajstić information content (AvgIpc) is 2.54. The van der Waals surface area contributed by atoms with Crippen LogP contribution < -0.4 is 10.1 Å². The summed E-state index contributed by atoms with van der Waals surface area (Å²) in [6.07, 6.45) is 0.858. The van der Waals surface area contributed by atoms with Gasteiger partial charge in [-0.05, 0) is 55.7 Å². The highest BCUT2D eigenvalue weighted by Crippen LogP contribution is 2.24. The van der Waals surface area contributed by atoms with Gasteiger partial charge in [-0.25, -0.2) is 0 Å². The minimum absolute atomic E-state index is 0.0869. The third kappa shape index (κ3) is 6.31. The van der Waals surface area contributed by atoms with Crippen LogP contribution in [-0.2, 0) is 11.3 Å². The molecule has 0 aliphatic carbocycles. The lowest BCUT2D eigenvalue weighted by atomic mass is 10.0. The van der Waals surface area contributed by atoms with Crippen molar-refractivity contribution in [2.75, 3.05) is 25.6 Å². The Morgan fingerprint density at radius 3 is 2.67 bits per heavy atom. The van der Waals surface area contributed by atoms with E-state index >= 15 is 0 Å². The minimum atomic E-state index is -0.0869. The molecule has 0 heterocycles. The second-order valence-electron chi connectivity index (χ2n) is 6.83. The Hall–Kier alpha value is -1.29. The summed E-state index contributed by atoms with van der Waals surface area (Å²) >= 11 is 5.70. The van der Waals surface area contributed by atoms with Crippen LogP contribution in [0.2, 0.25) is 0 Å². The average molecular weight is 350 g/mol. The Morgan fingerprint density at radius 1 is 1.08 bits per heavy atom. The Balaban J connectivity index is 1.97. The monoisotopic (exact) mass is 349 g/mol. The first-order valence-corrected chi connectivity index (χ1v) is 9.08. The lowest BCUT2D eigenvalue weighted by Crippen LogP contribution is -2.26. The summed E-state index contributed by atoms with van der Waals surface area (Å²) in [5.74, 6) is 1.52. The Kier molecular flexibility index (Phi) is 7.35. The van der Waals surface area contributed by atoms with Crippen LogP contribution in [0.15, 0.2) is 36.4 Å². The summed E-state index contributed by atoms with van der Waals surface area (Å²) in [5, 5.41) is 5.91. The van der Waals surface area contributed by atoms with Crippen LogP contribution in [0, 0.1) is 0 Å². The topological polar surface area (TPSA) is 30.5 Å². The van der Waals surface area contributed by atoms with Crippen LogP contribution >= 0.6 is 11.6 Å². The molecular weight excluding hydrogens is 322 g/mol. The molecule has 0 unspecified atom stereocenters. The van der Waals surface area contributed by atoms with Crippen molar-refractivity contribution in [1.29, 1.82) is 0 Å². The van der Waals surface area contributed by atoms with E-state index in [0.717, 1.165) is 25.3 Å². The van der Waals surface area contributed by atoms with Gasteiger partial charge in [-0.15, -0.1) is 11.6 Å². The fourth-order valence-corrected chi connectivity index (χ4v) is 2.57. The predicted molar refractivity (Wildman–Crippen MR) is 102 cm³/mol. The number of ether oxygens (including phenoxy) is 2. The van der Waals surface area contributed by atoms with Crippen LogP contribution in [0.1, 0.15) is 32.8 Å². The highest BCUT2D eigenvalue weighted by molar-refractivity contribution is 6.17. The molecule has 0 aliphatic heterocycles. The number of hydrogen-bond acceptors (Lipinski definition) is 3. The fourth-order valence-electron chi connectivity index (χ4n) is 2.46. The molecule has 0 bridgehead atoms. The van der Waals surface area contributed by atoms with Gasteiger partial charge >= 0.3 is 0 Å². The second-order valence-corrected chi connectivity index (χ2v) is 7.21. The zero-order valence-corrected chi connectivity index (χ0v) is 15.7. The van der Waals surface area contributed by atoms with Gasteiger partial charge in [-0.3, -0.25) is 0 Å². The molecular formula is C20H28ClNO2.